The van der Waals surface area contributed by atoms with E-state index in [1.54, 1.807) is 0 Å². The molecule has 1 heterocycles. The van der Waals surface area contributed by atoms with Gasteiger partial charge >= 0.3 is 0 Å². The van der Waals surface area contributed by atoms with Crippen molar-refractivity contribution in [2.24, 2.45) is 5.73 Å². The Morgan fingerprint density at radius 1 is 1.20 bits per heavy atom. The summed E-state index contributed by atoms with van der Waals surface area (Å²) in [6, 6.07) is 5.65. The summed E-state index contributed by atoms with van der Waals surface area (Å²) in [5.74, 6) is 0.0508. The quantitative estimate of drug-likeness (QED) is 0.710. The Morgan fingerprint density at radius 3 is 2.40 bits per heavy atom. The Hall–Kier alpha value is -0.870. The van der Waals surface area contributed by atoms with E-state index >= 15 is 0 Å². The van der Waals surface area contributed by atoms with Crippen LogP contribution in [-0.2, 0) is 20.0 Å². The third kappa shape index (κ3) is 6.10. The first-order chi connectivity index (χ1) is 11.2. The van der Waals surface area contributed by atoms with Crippen LogP contribution in [0.15, 0.2) is 29.2 Å². The molecule has 1 fully saturated rings. The van der Waals surface area contributed by atoms with Gasteiger partial charge in [-0.15, -0.1) is 12.4 Å². The first-order valence-electron chi connectivity index (χ1n) is 8.11. The van der Waals surface area contributed by atoms with E-state index in [1.165, 1.54) is 28.6 Å². The molecule has 0 amide bonds. The molecule has 0 aromatic heterocycles. The molecule has 144 valence electrons. The van der Waals surface area contributed by atoms with Crippen molar-refractivity contribution in [1.82, 2.24) is 4.31 Å². The Kier molecular flexibility index (Phi) is 8.14. The lowest BCUT2D eigenvalue weighted by molar-refractivity contribution is 0.316. The molecule has 0 saturated carbocycles. The lowest BCUT2D eigenvalue weighted by Crippen LogP contribution is -2.45. The van der Waals surface area contributed by atoms with Gasteiger partial charge in [-0.2, -0.15) is 4.31 Å². The van der Waals surface area contributed by atoms with Gasteiger partial charge in [0.1, 0.15) is 0 Å². The van der Waals surface area contributed by atoms with E-state index in [0.717, 1.165) is 19.3 Å². The Morgan fingerprint density at radius 2 is 1.84 bits per heavy atom. The van der Waals surface area contributed by atoms with Gasteiger partial charge in [0.2, 0.25) is 20.0 Å². The van der Waals surface area contributed by atoms with Gasteiger partial charge in [-0.3, -0.25) is 4.72 Å². The van der Waals surface area contributed by atoms with Crippen LogP contribution in [0, 0.1) is 0 Å². The maximum atomic E-state index is 12.6. The monoisotopic (exact) mass is 411 g/mol. The highest BCUT2D eigenvalue weighted by molar-refractivity contribution is 7.92. The van der Waals surface area contributed by atoms with Gasteiger partial charge in [-0.05, 0) is 43.5 Å². The second-order valence-electron chi connectivity index (χ2n) is 6.06. The van der Waals surface area contributed by atoms with E-state index in [9.17, 15) is 16.8 Å². The molecule has 0 bridgehead atoms. The summed E-state index contributed by atoms with van der Waals surface area (Å²) in [6.45, 7) is 2.69. The van der Waals surface area contributed by atoms with Crippen molar-refractivity contribution in [3.05, 3.63) is 24.3 Å². The summed E-state index contributed by atoms with van der Waals surface area (Å²) < 4.78 is 52.8. The minimum Gasteiger partial charge on any atom is -0.327 e. The number of hydrogen-bond donors (Lipinski definition) is 2. The van der Waals surface area contributed by atoms with Crippen molar-refractivity contribution in [3.8, 4) is 0 Å². The minimum atomic E-state index is -3.59. The molecule has 1 atom stereocenters. The molecule has 10 heteroatoms. The average molecular weight is 412 g/mol. The molecule has 1 aromatic carbocycles. The number of halogens is 1. The highest BCUT2D eigenvalue weighted by Gasteiger charge is 2.28. The lowest BCUT2D eigenvalue weighted by Gasteiger charge is -2.29. The highest BCUT2D eigenvalue weighted by Crippen LogP contribution is 2.22. The number of nitrogens with zero attached hydrogens (tertiary/aromatic N) is 1. The smallest absolute Gasteiger partial charge is 0.243 e. The molecule has 1 unspecified atom stereocenters. The molecule has 1 aliphatic heterocycles. The van der Waals surface area contributed by atoms with Crippen LogP contribution in [0.25, 0.3) is 0 Å². The molecule has 1 aromatic rings. The van der Waals surface area contributed by atoms with Crippen LogP contribution >= 0.6 is 12.4 Å². The second-order valence-corrected chi connectivity index (χ2v) is 9.84. The van der Waals surface area contributed by atoms with E-state index in [1.807, 2.05) is 6.92 Å². The predicted octanol–water partition coefficient (Wildman–Crippen LogP) is 1.76. The number of hydrogen-bond acceptors (Lipinski definition) is 5. The standard InChI is InChI=1S/C15H25N3O4S2.ClH/c1-2-3-11-23(19,20)17-14-6-8-15(9-7-14)24(21,22)18-10-4-5-13(16)12-18;/h6-9,13,17H,2-5,10-12,16H2,1H3;1H. The molecule has 0 spiro atoms. The zero-order valence-corrected chi connectivity index (χ0v) is 16.7. The van der Waals surface area contributed by atoms with Crippen molar-refractivity contribution in [3.63, 3.8) is 0 Å². The number of anilines is 1. The van der Waals surface area contributed by atoms with Gasteiger partial charge in [-0.25, -0.2) is 16.8 Å². The van der Waals surface area contributed by atoms with Crippen LogP contribution < -0.4 is 10.5 Å². The fourth-order valence-corrected chi connectivity index (χ4v) is 5.40. The van der Waals surface area contributed by atoms with Crippen molar-refractivity contribution >= 4 is 38.1 Å². The molecular formula is C15H26ClN3O4S2. The third-order valence-electron chi connectivity index (χ3n) is 3.95. The number of unbranched alkanes of at least 4 members (excludes halogenated alkanes) is 1. The molecule has 1 aliphatic rings. The van der Waals surface area contributed by atoms with Crippen LogP contribution in [0.4, 0.5) is 5.69 Å². The number of sulfonamides is 2. The minimum absolute atomic E-state index is 0. The molecule has 0 aliphatic carbocycles. The fraction of sp³-hybridized carbons (Fsp3) is 0.600. The van der Waals surface area contributed by atoms with E-state index in [2.05, 4.69) is 4.72 Å². The largest absolute Gasteiger partial charge is 0.327 e. The van der Waals surface area contributed by atoms with Crippen LogP contribution in [0.3, 0.4) is 0 Å². The first kappa shape index (κ1) is 22.2. The van der Waals surface area contributed by atoms with E-state index in [0.29, 0.717) is 25.2 Å². The second kappa shape index (κ2) is 9.18. The van der Waals surface area contributed by atoms with Gasteiger partial charge in [0.05, 0.1) is 10.6 Å². The normalized spacial score (nSPS) is 19.2. The van der Waals surface area contributed by atoms with Crippen LogP contribution in [0.2, 0.25) is 0 Å². The Bertz CT molecular complexity index is 751. The molecule has 3 N–H and O–H groups in total. The van der Waals surface area contributed by atoms with E-state index in [4.69, 9.17) is 5.73 Å². The SMILES string of the molecule is CCCCS(=O)(=O)Nc1ccc(S(=O)(=O)N2CCCC(N)C2)cc1.Cl. The van der Waals surface area contributed by atoms with Crippen molar-refractivity contribution in [2.75, 3.05) is 23.6 Å². The van der Waals surface area contributed by atoms with Crippen molar-refractivity contribution < 1.29 is 16.8 Å². The summed E-state index contributed by atoms with van der Waals surface area (Å²) >= 11 is 0. The van der Waals surface area contributed by atoms with Crippen LogP contribution in [-0.4, -0.2) is 46.0 Å². The van der Waals surface area contributed by atoms with E-state index < -0.39 is 20.0 Å². The Labute approximate surface area is 156 Å². The highest BCUT2D eigenvalue weighted by atomic mass is 35.5. The molecule has 25 heavy (non-hydrogen) atoms. The maximum Gasteiger partial charge on any atom is 0.243 e. The number of rotatable bonds is 7. The predicted molar refractivity (Wildman–Crippen MR) is 102 cm³/mol. The molecule has 1 saturated heterocycles. The summed E-state index contributed by atoms with van der Waals surface area (Å²) in [4.78, 5) is 0.146. The lowest BCUT2D eigenvalue weighted by atomic mass is 10.1. The van der Waals surface area contributed by atoms with Gasteiger partial charge in [-0.1, -0.05) is 13.3 Å². The number of benzene rings is 1. The molecule has 0 radical (unpaired) electrons. The van der Waals surface area contributed by atoms with Gasteiger partial charge < -0.3 is 5.73 Å². The van der Waals surface area contributed by atoms with E-state index in [-0.39, 0.29) is 29.1 Å². The summed E-state index contributed by atoms with van der Waals surface area (Å²) in [5, 5.41) is 0. The zero-order chi connectivity index (χ0) is 17.8. The summed E-state index contributed by atoms with van der Waals surface area (Å²) in [5.41, 5.74) is 6.21. The summed E-state index contributed by atoms with van der Waals surface area (Å²) in [7, 11) is -6.99. The summed E-state index contributed by atoms with van der Waals surface area (Å²) in [6.07, 6.45) is 2.94. The molecular weight excluding hydrogens is 386 g/mol. The number of piperidine rings is 1. The maximum absolute atomic E-state index is 12.6. The fourth-order valence-electron chi connectivity index (χ4n) is 2.60. The number of nitrogens with one attached hydrogen (secondary N) is 1. The third-order valence-corrected chi connectivity index (χ3v) is 7.20. The van der Waals surface area contributed by atoms with Gasteiger partial charge in [0.15, 0.2) is 0 Å². The van der Waals surface area contributed by atoms with Gasteiger partial charge in [0.25, 0.3) is 0 Å². The topological polar surface area (TPSA) is 110 Å². The van der Waals surface area contributed by atoms with Crippen molar-refractivity contribution in [1.29, 1.82) is 0 Å². The molecule has 7 nitrogen and oxygen atoms in total. The van der Waals surface area contributed by atoms with Crippen LogP contribution in [0.1, 0.15) is 32.6 Å². The van der Waals surface area contributed by atoms with Crippen molar-refractivity contribution in [2.45, 2.75) is 43.5 Å². The zero-order valence-electron chi connectivity index (χ0n) is 14.2. The average Bonchev–Trinajstić information content (AvgIpc) is 2.53. The van der Waals surface area contributed by atoms with Crippen LogP contribution in [0.5, 0.6) is 0 Å². The molecule has 2 rings (SSSR count). The number of nitrogens with two attached hydrogens (primary N) is 1. The first-order valence-corrected chi connectivity index (χ1v) is 11.2. The van der Waals surface area contributed by atoms with Gasteiger partial charge in [0, 0.05) is 24.8 Å². The Balaban J connectivity index is 0.00000312.